The van der Waals surface area contributed by atoms with Crippen molar-refractivity contribution < 1.29 is 9.59 Å². The third-order valence-corrected chi connectivity index (χ3v) is 3.06. The first-order valence-electron chi connectivity index (χ1n) is 5.35. The smallest absolute Gasteiger partial charge is 0.251 e. The maximum Gasteiger partial charge on any atom is 0.251 e. The zero-order valence-electron chi connectivity index (χ0n) is 9.90. The summed E-state index contributed by atoms with van der Waals surface area (Å²) in [5, 5.41) is 4.79. The molecule has 1 atom stereocenters. The lowest BCUT2D eigenvalue weighted by Crippen LogP contribution is -2.36. The highest BCUT2D eigenvalue weighted by Gasteiger charge is 2.18. The van der Waals surface area contributed by atoms with E-state index in [-0.39, 0.29) is 5.91 Å². The molecule has 0 bridgehead atoms. The molecule has 0 aromatic carbocycles. The van der Waals surface area contributed by atoms with Gasteiger partial charge < -0.3 is 16.8 Å². The van der Waals surface area contributed by atoms with E-state index in [2.05, 4.69) is 5.32 Å². The van der Waals surface area contributed by atoms with Crippen LogP contribution in [-0.2, 0) is 4.79 Å². The number of rotatable bonds is 5. The zero-order chi connectivity index (χ0) is 13.0. The van der Waals surface area contributed by atoms with Crippen LogP contribution in [0, 0.1) is 5.92 Å². The van der Waals surface area contributed by atoms with E-state index >= 15 is 0 Å². The Hall–Kier alpha value is -1.40. The number of thiophene rings is 1. The van der Waals surface area contributed by atoms with Crippen LogP contribution in [0.1, 0.15) is 30.6 Å². The minimum atomic E-state index is -0.571. The van der Waals surface area contributed by atoms with E-state index in [1.807, 2.05) is 13.8 Å². The minimum absolute atomic E-state index is 0.288. The summed E-state index contributed by atoms with van der Waals surface area (Å²) >= 11 is 1.25. The molecule has 0 radical (unpaired) electrons. The van der Waals surface area contributed by atoms with Crippen LogP contribution < -0.4 is 16.8 Å². The Bertz CT molecular complexity index is 415. The molecule has 94 valence electrons. The van der Waals surface area contributed by atoms with Crippen molar-refractivity contribution >= 4 is 28.2 Å². The fourth-order valence-corrected chi connectivity index (χ4v) is 2.21. The lowest BCUT2D eigenvalue weighted by Gasteiger charge is -2.13. The van der Waals surface area contributed by atoms with Gasteiger partial charge in [-0.05, 0) is 23.8 Å². The van der Waals surface area contributed by atoms with Crippen molar-refractivity contribution in [2.75, 3.05) is 5.32 Å². The molecule has 6 heteroatoms. The molecule has 0 unspecified atom stereocenters. The van der Waals surface area contributed by atoms with E-state index in [1.165, 1.54) is 11.3 Å². The third kappa shape index (κ3) is 3.83. The lowest BCUT2D eigenvalue weighted by atomic mass is 10.0. The summed E-state index contributed by atoms with van der Waals surface area (Å²) in [6.07, 6.45) is 0.600. The predicted octanol–water partition coefficient (Wildman–Crippen LogP) is 1.16. The number of carbonyl (C=O) groups is 2. The fourth-order valence-electron chi connectivity index (χ4n) is 1.42. The van der Waals surface area contributed by atoms with Gasteiger partial charge in [0.1, 0.15) is 5.00 Å². The van der Waals surface area contributed by atoms with Gasteiger partial charge in [0.25, 0.3) is 5.91 Å². The quantitative estimate of drug-likeness (QED) is 0.736. The van der Waals surface area contributed by atoms with E-state index in [9.17, 15) is 9.59 Å². The van der Waals surface area contributed by atoms with Gasteiger partial charge in [-0.3, -0.25) is 9.59 Å². The molecule has 1 heterocycles. The number of hydrogen-bond acceptors (Lipinski definition) is 4. The Labute approximate surface area is 104 Å². The van der Waals surface area contributed by atoms with Gasteiger partial charge in [0.2, 0.25) is 5.91 Å². The highest BCUT2D eigenvalue weighted by molar-refractivity contribution is 7.14. The molecule has 1 rings (SSSR count). The molecular weight excluding hydrogens is 238 g/mol. The van der Waals surface area contributed by atoms with Gasteiger partial charge in [-0.1, -0.05) is 13.8 Å². The third-order valence-electron chi connectivity index (χ3n) is 2.23. The SMILES string of the molecule is CC(C)C[C@H](N)C(=O)Nc1sccc1C(N)=O. The van der Waals surface area contributed by atoms with Crippen LogP contribution in [0.3, 0.4) is 0 Å². The first kappa shape index (κ1) is 13.7. The lowest BCUT2D eigenvalue weighted by molar-refractivity contribution is -0.117. The number of amides is 2. The summed E-state index contributed by atoms with van der Waals surface area (Å²) in [5.74, 6) is -0.502. The Kier molecular flexibility index (Phi) is 4.65. The Morgan fingerprint density at radius 1 is 1.47 bits per heavy atom. The molecule has 0 aliphatic heterocycles. The molecule has 17 heavy (non-hydrogen) atoms. The van der Waals surface area contributed by atoms with E-state index in [0.717, 1.165) is 0 Å². The van der Waals surface area contributed by atoms with Crippen molar-refractivity contribution in [3.8, 4) is 0 Å². The number of primary amides is 1. The zero-order valence-corrected chi connectivity index (χ0v) is 10.7. The Morgan fingerprint density at radius 3 is 2.65 bits per heavy atom. The summed E-state index contributed by atoms with van der Waals surface area (Å²) < 4.78 is 0. The second-order valence-corrected chi connectivity index (χ2v) is 5.17. The molecule has 0 saturated carbocycles. The molecule has 0 saturated heterocycles. The Balaban J connectivity index is 2.68. The van der Waals surface area contributed by atoms with Crippen LogP contribution in [0.4, 0.5) is 5.00 Å². The van der Waals surface area contributed by atoms with Crippen LogP contribution in [0.5, 0.6) is 0 Å². The molecule has 5 nitrogen and oxygen atoms in total. The standard InChI is InChI=1S/C11H17N3O2S/c1-6(2)5-8(12)10(16)14-11-7(9(13)15)3-4-17-11/h3-4,6,8H,5,12H2,1-2H3,(H2,13,15)(H,14,16)/t8-/m0/s1. The van der Waals surface area contributed by atoms with Gasteiger partial charge in [0.15, 0.2) is 0 Å². The largest absolute Gasteiger partial charge is 0.366 e. The average molecular weight is 255 g/mol. The Morgan fingerprint density at radius 2 is 2.12 bits per heavy atom. The predicted molar refractivity (Wildman–Crippen MR) is 68.9 cm³/mol. The van der Waals surface area contributed by atoms with Gasteiger partial charge in [-0.2, -0.15) is 0 Å². The summed E-state index contributed by atoms with van der Waals surface area (Å²) in [6.45, 7) is 3.99. The number of anilines is 1. The van der Waals surface area contributed by atoms with Gasteiger partial charge >= 0.3 is 0 Å². The van der Waals surface area contributed by atoms with Crippen molar-refractivity contribution in [2.45, 2.75) is 26.3 Å². The monoisotopic (exact) mass is 255 g/mol. The number of hydrogen-bond donors (Lipinski definition) is 3. The molecule has 0 aliphatic rings. The van der Waals surface area contributed by atoms with E-state index in [1.54, 1.807) is 11.4 Å². The second kappa shape index (κ2) is 5.79. The van der Waals surface area contributed by atoms with Crippen molar-refractivity contribution in [2.24, 2.45) is 17.4 Å². The van der Waals surface area contributed by atoms with Crippen molar-refractivity contribution in [3.63, 3.8) is 0 Å². The van der Waals surface area contributed by atoms with Crippen LogP contribution in [-0.4, -0.2) is 17.9 Å². The topological polar surface area (TPSA) is 98.2 Å². The second-order valence-electron chi connectivity index (χ2n) is 4.25. The van der Waals surface area contributed by atoms with Crippen molar-refractivity contribution in [1.82, 2.24) is 0 Å². The molecule has 0 spiro atoms. The van der Waals surface area contributed by atoms with Gasteiger partial charge in [-0.15, -0.1) is 11.3 Å². The number of nitrogens with two attached hydrogens (primary N) is 2. The minimum Gasteiger partial charge on any atom is -0.366 e. The molecule has 0 fully saturated rings. The molecule has 2 amide bonds. The van der Waals surface area contributed by atoms with Crippen molar-refractivity contribution in [3.05, 3.63) is 17.0 Å². The molecule has 0 aliphatic carbocycles. The van der Waals surface area contributed by atoms with Gasteiger partial charge in [0.05, 0.1) is 11.6 Å². The summed E-state index contributed by atoms with van der Waals surface area (Å²) in [6, 6.07) is 1.01. The van der Waals surface area contributed by atoms with Gasteiger partial charge in [0, 0.05) is 0 Å². The van der Waals surface area contributed by atoms with Gasteiger partial charge in [-0.25, -0.2) is 0 Å². The molecular formula is C11H17N3O2S. The summed E-state index contributed by atoms with van der Waals surface area (Å²) in [7, 11) is 0. The first-order chi connectivity index (χ1) is 7.91. The highest BCUT2D eigenvalue weighted by Crippen LogP contribution is 2.22. The van der Waals surface area contributed by atoms with E-state index in [4.69, 9.17) is 11.5 Å². The van der Waals surface area contributed by atoms with E-state index < -0.39 is 11.9 Å². The van der Waals surface area contributed by atoms with Crippen LogP contribution in [0.15, 0.2) is 11.4 Å². The summed E-state index contributed by atoms with van der Waals surface area (Å²) in [5.41, 5.74) is 11.2. The maximum absolute atomic E-state index is 11.7. The fraction of sp³-hybridized carbons (Fsp3) is 0.455. The molecule has 5 N–H and O–H groups in total. The van der Waals surface area contributed by atoms with E-state index in [0.29, 0.717) is 22.9 Å². The maximum atomic E-state index is 11.7. The average Bonchev–Trinajstić information content (AvgIpc) is 2.64. The summed E-state index contributed by atoms with van der Waals surface area (Å²) in [4.78, 5) is 22.8. The van der Waals surface area contributed by atoms with Crippen LogP contribution in [0.2, 0.25) is 0 Å². The van der Waals surface area contributed by atoms with Crippen molar-refractivity contribution in [1.29, 1.82) is 0 Å². The first-order valence-corrected chi connectivity index (χ1v) is 6.23. The number of carbonyl (C=O) groups excluding carboxylic acids is 2. The molecule has 1 aromatic rings. The molecule has 1 aromatic heterocycles. The van der Waals surface area contributed by atoms with Crippen LogP contribution >= 0.6 is 11.3 Å². The highest BCUT2D eigenvalue weighted by atomic mass is 32.1. The van der Waals surface area contributed by atoms with Crippen LogP contribution in [0.25, 0.3) is 0 Å². The normalized spacial score (nSPS) is 12.5. The number of nitrogens with one attached hydrogen (secondary N) is 1.